The van der Waals surface area contributed by atoms with Crippen LogP contribution >= 0.6 is 0 Å². The van der Waals surface area contributed by atoms with E-state index in [-0.39, 0.29) is 11.1 Å². The summed E-state index contributed by atoms with van der Waals surface area (Å²) in [5.74, 6) is 0. The number of aromatic nitrogens is 3. The maximum absolute atomic E-state index is 11.8. The van der Waals surface area contributed by atoms with Gasteiger partial charge in [-0.15, -0.1) is 0 Å². The minimum atomic E-state index is -0.663. The van der Waals surface area contributed by atoms with Crippen LogP contribution in [0.2, 0.25) is 0 Å². The highest BCUT2D eigenvalue weighted by atomic mass is 16.6. The van der Waals surface area contributed by atoms with E-state index in [0.717, 1.165) is 4.68 Å². The van der Waals surface area contributed by atoms with E-state index in [0.29, 0.717) is 5.39 Å². The average molecular weight is 235 g/mol. The smallest absolute Gasteiger partial charge is 0.435 e. The zero-order valence-corrected chi connectivity index (χ0v) is 9.85. The molecule has 0 saturated carbocycles. The summed E-state index contributed by atoms with van der Waals surface area (Å²) in [6.07, 6.45) is 2.30. The number of fused-ring (bicyclic) bond motifs is 1. The minimum absolute atomic E-state index is 0.196. The molecule has 90 valence electrons. The van der Waals surface area contributed by atoms with Gasteiger partial charge >= 0.3 is 6.09 Å². The Kier molecular flexibility index (Phi) is 2.49. The molecule has 0 unspecified atom stereocenters. The molecule has 1 N–H and O–H groups in total. The molecule has 0 saturated heterocycles. The van der Waals surface area contributed by atoms with Gasteiger partial charge in [-0.2, -0.15) is 9.78 Å². The summed E-state index contributed by atoms with van der Waals surface area (Å²) < 4.78 is 6.13. The van der Waals surface area contributed by atoms with E-state index in [1.54, 1.807) is 26.8 Å². The molecule has 2 heterocycles. The maximum atomic E-state index is 11.8. The SMILES string of the molecule is CC(C)(C)OC(=O)n1ncc2cc[nH]c(=O)c21. The highest BCUT2D eigenvalue weighted by Crippen LogP contribution is 2.12. The third kappa shape index (κ3) is 2.20. The topological polar surface area (TPSA) is 77.0 Å². The number of nitrogens with one attached hydrogen (secondary N) is 1. The Bertz CT molecular complexity index is 619. The summed E-state index contributed by atoms with van der Waals surface area (Å²) in [5, 5.41) is 4.46. The normalized spacial score (nSPS) is 11.7. The molecule has 6 heteroatoms. The highest BCUT2D eigenvalue weighted by molar-refractivity contribution is 5.86. The third-order valence-corrected chi connectivity index (χ3v) is 2.06. The molecule has 0 aromatic carbocycles. The van der Waals surface area contributed by atoms with Gasteiger partial charge in [-0.1, -0.05) is 0 Å². The highest BCUT2D eigenvalue weighted by Gasteiger charge is 2.20. The van der Waals surface area contributed by atoms with Gasteiger partial charge in [-0.25, -0.2) is 4.79 Å². The number of carbonyl (C=O) groups excluding carboxylic acids is 1. The lowest BCUT2D eigenvalue weighted by molar-refractivity contribution is 0.0522. The zero-order chi connectivity index (χ0) is 12.6. The number of hydrogen-bond donors (Lipinski definition) is 1. The Morgan fingerprint density at radius 3 is 2.82 bits per heavy atom. The van der Waals surface area contributed by atoms with Crippen molar-refractivity contribution in [1.29, 1.82) is 0 Å². The first kappa shape index (κ1) is 11.4. The van der Waals surface area contributed by atoms with E-state index < -0.39 is 11.7 Å². The van der Waals surface area contributed by atoms with Gasteiger partial charge in [0.05, 0.1) is 6.20 Å². The number of H-pyrrole nitrogens is 1. The van der Waals surface area contributed by atoms with Gasteiger partial charge in [0.15, 0.2) is 0 Å². The van der Waals surface area contributed by atoms with Crippen molar-refractivity contribution in [2.75, 3.05) is 0 Å². The lowest BCUT2D eigenvalue weighted by Crippen LogP contribution is -2.29. The second-order valence-electron chi connectivity index (χ2n) is 4.65. The van der Waals surface area contributed by atoms with Crippen LogP contribution in [-0.4, -0.2) is 26.5 Å². The predicted octanol–water partition coefficient (Wildman–Crippen LogP) is 1.51. The number of hydrogen-bond acceptors (Lipinski definition) is 4. The van der Waals surface area contributed by atoms with E-state index in [2.05, 4.69) is 10.1 Å². The van der Waals surface area contributed by atoms with Crippen molar-refractivity contribution in [3.63, 3.8) is 0 Å². The summed E-state index contributed by atoms with van der Waals surface area (Å²) in [6, 6.07) is 1.67. The zero-order valence-electron chi connectivity index (χ0n) is 9.85. The van der Waals surface area contributed by atoms with Crippen LogP contribution in [0.3, 0.4) is 0 Å². The largest absolute Gasteiger partial charge is 0.442 e. The first-order chi connectivity index (χ1) is 7.88. The van der Waals surface area contributed by atoms with Crippen LogP contribution < -0.4 is 5.56 Å². The lowest BCUT2D eigenvalue weighted by atomic mass is 10.2. The van der Waals surface area contributed by atoms with E-state index >= 15 is 0 Å². The molecule has 0 aliphatic carbocycles. The number of rotatable bonds is 0. The van der Waals surface area contributed by atoms with Crippen molar-refractivity contribution < 1.29 is 9.53 Å². The van der Waals surface area contributed by atoms with E-state index in [9.17, 15) is 9.59 Å². The summed E-state index contributed by atoms with van der Waals surface area (Å²) in [7, 11) is 0. The molecule has 0 fully saturated rings. The van der Waals surface area contributed by atoms with Crippen LogP contribution in [0.1, 0.15) is 20.8 Å². The summed E-state index contributed by atoms with van der Waals surface area (Å²) in [4.78, 5) is 25.9. The molecule has 6 nitrogen and oxygen atoms in total. The molecule has 0 aliphatic heterocycles. The minimum Gasteiger partial charge on any atom is -0.442 e. The van der Waals surface area contributed by atoms with E-state index in [1.807, 2.05) is 0 Å². The second-order valence-corrected chi connectivity index (χ2v) is 4.65. The standard InChI is InChI=1S/C11H13N3O3/c1-11(2,3)17-10(16)14-8-7(6-13-14)4-5-12-9(8)15/h4-6H,1-3H3,(H,12,15). The van der Waals surface area contributed by atoms with Gasteiger partial charge in [0.1, 0.15) is 11.1 Å². The molecule has 2 rings (SSSR count). The fraction of sp³-hybridized carbons (Fsp3) is 0.364. The lowest BCUT2D eigenvalue weighted by Gasteiger charge is -2.18. The van der Waals surface area contributed by atoms with Gasteiger partial charge in [-0.05, 0) is 26.8 Å². The molecule has 0 bridgehead atoms. The fourth-order valence-electron chi connectivity index (χ4n) is 1.43. The van der Waals surface area contributed by atoms with Crippen LogP contribution in [0.25, 0.3) is 10.9 Å². The summed E-state index contributed by atoms with van der Waals surface area (Å²) in [5.41, 5.74) is -0.802. The Morgan fingerprint density at radius 2 is 2.18 bits per heavy atom. The summed E-state index contributed by atoms with van der Waals surface area (Å²) >= 11 is 0. The number of carbonyl (C=O) groups is 1. The molecule has 0 aliphatic rings. The molecular weight excluding hydrogens is 222 g/mol. The Labute approximate surface area is 97.2 Å². The van der Waals surface area contributed by atoms with Crippen molar-refractivity contribution in [3.8, 4) is 0 Å². The Balaban J connectivity index is 2.50. The van der Waals surface area contributed by atoms with Crippen LogP contribution in [0.15, 0.2) is 23.3 Å². The number of nitrogens with zero attached hydrogens (tertiary/aromatic N) is 2. The average Bonchev–Trinajstić information content (AvgIpc) is 2.60. The molecule has 2 aromatic rings. The number of aromatic amines is 1. The molecule has 0 spiro atoms. The quantitative estimate of drug-likeness (QED) is 0.750. The van der Waals surface area contributed by atoms with Gasteiger partial charge in [-0.3, -0.25) is 4.79 Å². The fourth-order valence-corrected chi connectivity index (χ4v) is 1.43. The van der Waals surface area contributed by atoms with E-state index in [1.165, 1.54) is 12.4 Å². The monoisotopic (exact) mass is 235 g/mol. The summed E-state index contributed by atoms with van der Waals surface area (Å²) in [6.45, 7) is 5.25. The van der Waals surface area contributed by atoms with Gasteiger partial charge in [0.25, 0.3) is 5.56 Å². The molecule has 2 aromatic heterocycles. The molecule has 17 heavy (non-hydrogen) atoms. The van der Waals surface area contributed by atoms with Crippen molar-refractivity contribution in [1.82, 2.24) is 14.8 Å². The van der Waals surface area contributed by atoms with Crippen molar-refractivity contribution in [2.24, 2.45) is 0 Å². The number of ether oxygens (including phenoxy) is 1. The molecular formula is C11H13N3O3. The Morgan fingerprint density at radius 1 is 1.47 bits per heavy atom. The first-order valence-electron chi connectivity index (χ1n) is 5.17. The third-order valence-electron chi connectivity index (χ3n) is 2.06. The van der Waals surface area contributed by atoms with Gasteiger partial charge < -0.3 is 9.72 Å². The van der Waals surface area contributed by atoms with Crippen molar-refractivity contribution >= 4 is 17.0 Å². The Hall–Kier alpha value is -2.11. The van der Waals surface area contributed by atoms with Gasteiger partial charge in [0.2, 0.25) is 0 Å². The first-order valence-corrected chi connectivity index (χ1v) is 5.17. The van der Waals surface area contributed by atoms with Crippen LogP contribution in [-0.2, 0) is 4.74 Å². The molecule has 0 radical (unpaired) electrons. The molecule has 0 atom stereocenters. The number of pyridine rings is 1. The van der Waals surface area contributed by atoms with Crippen molar-refractivity contribution in [2.45, 2.75) is 26.4 Å². The maximum Gasteiger partial charge on any atom is 0.435 e. The predicted molar refractivity (Wildman–Crippen MR) is 62.0 cm³/mol. The van der Waals surface area contributed by atoms with Gasteiger partial charge in [0, 0.05) is 11.6 Å². The van der Waals surface area contributed by atoms with E-state index in [4.69, 9.17) is 4.74 Å². The van der Waals surface area contributed by atoms with Crippen LogP contribution in [0.4, 0.5) is 4.79 Å². The van der Waals surface area contributed by atoms with Crippen molar-refractivity contribution in [3.05, 3.63) is 28.8 Å². The van der Waals surface area contributed by atoms with Crippen LogP contribution in [0.5, 0.6) is 0 Å². The van der Waals surface area contributed by atoms with Crippen LogP contribution in [0, 0.1) is 0 Å². The second kappa shape index (κ2) is 3.73. The molecule has 0 amide bonds.